The zero-order valence-electron chi connectivity index (χ0n) is 16.1. The normalized spacial score (nSPS) is 15.6. The lowest BCUT2D eigenvalue weighted by molar-refractivity contribution is 0.665. The van der Waals surface area contributed by atoms with Crippen molar-refractivity contribution in [2.45, 2.75) is 52.5 Å². The Balaban J connectivity index is 1.92. The first-order valence-electron chi connectivity index (χ1n) is 9.98. The van der Waals surface area contributed by atoms with Gasteiger partial charge in [0.25, 0.3) is 0 Å². The third-order valence-corrected chi connectivity index (χ3v) is 5.76. The Kier molecular flexibility index (Phi) is 4.67. The van der Waals surface area contributed by atoms with Gasteiger partial charge < -0.3 is 4.57 Å². The first kappa shape index (κ1) is 17.1. The number of nitrogens with zero attached hydrogens (tertiary/aromatic N) is 2. The molecule has 2 aromatic carbocycles. The Morgan fingerprint density at radius 1 is 1.04 bits per heavy atom. The van der Waals surface area contributed by atoms with Gasteiger partial charge >= 0.3 is 0 Å². The lowest BCUT2D eigenvalue weighted by Crippen LogP contribution is -1.96. The number of dihydropyridines is 1. The molecule has 2 heteroatoms. The molecule has 1 unspecified atom stereocenters. The van der Waals surface area contributed by atoms with Crippen molar-refractivity contribution in [1.29, 1.82) is 0 Å². The first-order valence-corrected chi connectivity index (χ1v) is 9.98. The van der Waals surface area contributed by atoms with Gasteiger partial charge in [-0.15, -0.1) is 0 Å². The zero-order valence-corrected chi connectivity index (χ0v) is 16.1. The van der Waals surface area contributed by atoms with Crippen LogP contribution in [0.4, 0.5) is 0 Å². The topological polar surface area (TPSA) is 17.3 Å². The average Bonchev–Trinajstić information content (AvgIpc) is 3.01. The van der Waals surface area contributed by atoms with Crippen molar-refractivity contribution in [2.75, 3.05) is 6.54 Å². The van der Waals surface area contributed by atoms with E-state index in [1.54, 1.807) is 0 Å². The highest BCUT2D eigenvalue weighted by Gasteiger charge is 2.14. The van der Waals surface area contributed by atoms with Crippen LogP contribution in [0.5, 0.6) is 0 Å². The molecule has 0 N–H and O–H groups in total. The Hall–Kier alpha value is -2.35. The van der Waals surface area contributed by atoms with Crippen molar-refractivity contribution in [3.63, 3.8) is 0 Å². The molecular formula is C24H28N2. The molecule has 0 amide bonds. The van der Waals surface area contributed by atoms with E-state index in [2.05, 4.69) is 72.8 Å². The van der Waals surface area contributed by atoms with Crippen molar-refractivity contribution in [1.82, 2.24) is 4.57 Å². The average molecular weight is 345 g/mol. The standard InChI is InChI=1S/C24H28N2/c1-4-6-17(3)19-7-9-23-21(15-19)22-16-20(18-11-13-25-14-12-18)8-10-24(22)26(23)5-2/h7-11,13,15-17H,4-6,12,14H2,1-3H3. The SMILES string of the molecule is CCCC(C)c1ccc2c(c1)c1cc(C3=CC=NCC3)ccc1n2CC. The predicted octanol–water partition coefficient (Wildman–Crippen LogP) is 6.58. The number of allylic oxidation sites excluding steroid dienone is 1. The molecule has 4 rings (SSSR count). The molecule has 3 aromatic rings. The number of fused-ring (bicyclic) bond motifs is 3. The van der Waals surface area contributed by atoms with Crippen molar-refractivity contribution in [2.24, 2.45) is 4.99 Å². The number of aromatic nitrogens is 1. The van der Waals surface area contributed by atoms with Crippen LogP contribution in [0.25, 0.3) is 27.4 Å². The summed E-state index contributed by atoms with van der Waals surface area (Å²) in [5, 5.41) is 2.78. The number of aliphatic imine (C=N–C) groups is 1. The van der Waals surface area contributed by atoms with Gasteiger partial charge in [-0.3, -0.25) is 4.99 Å². The monoisotopic (exact) mass is 344 g/mol. The minimum absolute atomic E-state index is 0.616. The minimum atomic E-state index is 0.616. The van der Waals surface area contributed by atoms with Crippen LogP contribution in [0.1, 0.15) is 57.1 Å². The summed E-state index contributed by atoms with van der Waals surface area (Å²) in [5.41, 5.74) is 6.90. The molecule has 1 aliphatic heterocycles. The Labute approximate surface area is 156 Å². The van der Waals surface area contributed by atoms with Gasteiger partial charge in [-0.05, 0) is 72.7 Å². The molecule has 2 nitrogen and oxygen atoms in total. The summed E-state index contributed by atoms with van der Waals surface area (Å²) < 4.78 is 2.44. The zero-order chi connectivity index (χ0) is 18.1. The van der Waals surface area contributed by atoms with E-state index in [-0.39, 0.29) is 0 Å². The number of hydrogen-bond acceptors (Lipinski definition) is 1. The van der Waals surface area contributed by atoms with Crippen molar-refractivity contribution in [3.05, 3.63) is 53.6 Å². The highest BCUT2D eigenvalue weighted by atomic mass is 15.0. The van der Waals surface area contributed by atoms with Crippen LogP contribution in [0.3, 0.4) is 0 Å². The van der Waals surface area contributed by atoms with Crippen LogP contribution in [0, 0.1) is 0 Å². The van der Waals surface area contributed by atoms with Gasteiger partial charge in [0, 0.05) is 41.1 Å². The molecule has 0 radical (unpaired) electrons. The van der Waals surface area contributed by atoms with Gasteiger partial charge in [0.2, 0.25) is 0 Å². The summed E-state index contributed by atoms with van der Waals surface area (Å²) in [6.07, 6.45) is 7.62. The van der Waals surface area contributed by atoms with Gasteiger partial charge in [-0.2, -0.15) is 0 Å². The predicted molar refractivity (Wildman–Crippen MR) is 114 cm³/mol. The number of benzene rings is 2. The molecule has 26 heavy (non-hydrogen) atoms. The van der Waals surface area contributed by atoms with E-state index in [0.29, 0.717) is 5.92 Å². The molecule has 1 atom stereocenters. The summed E-state index contributed by atoms with van der Waals surface area (Å²) in [6, 6.07) is 14.1. The van der Waals surface area contributed by atoms with Crippen LogP contribution >= 0.6 is 0 Å². The Morgan fingerprint density at radius 3 is 2.50 bits per heavy atom. The van der Waals surface area contributed by atoms with E-state index in [1.807, 2.05) is 6.21 Å². The van der Waals surface area contributed by atoms with Gasteiger partial charge in [-0.1, -0.05) is 32.4 Å². The summed E-state index contributed by atoms with van der Waals surface area (Å²) >= 11 is 0. The van der Waals surface area contributed by atoms with Crippen LogP contribution in [0.15, 0.2) is 47.5 Å². The molecule has 0 saturated carbocycles. The number of aryl methyl sites for hydroxylation is 1. The molecule has 2 heterocycles. The van der Waals surface area contributed by atoms with E-state index in [0.717, 1.165) is 19.5 Å². The largest absolute Gasteiger partial charge is 0.341 e. The molecular weight excluding hydrogens is 316 g/mol. The maximum absolute atomic E-state index is 4.33. The van der Waals surface area contributed by atoms with Gasteiger partial charge in [-0.25, -0.2) is 0 Å². The number of rotatable bonds is 5. The van der Waals surface area contributed by atoms with Crippen LogP contribution in [-0.2, 0) is 6.54 Å². The Bertz CT molecular complexity index is 1000. The van der Waals surface area contributed by atoms with Crippen LogP contribution < -0.4 is 0 Å². The van der Waals surface area contributed by atoms with Gasteiger partial charge in [0.1, 0.15) is 0 Å². The Morgan fingerprint density at radius 2 is 1.81 bits per heavy atom. The minimum Gasteiger partial charge on any atom is -0.341 e. The molecule has 0 fully saturated rings. The van der Waals surface area contributed by atoms with Crippen molar-refractivity contribution < 1.29 is 0 Å². The fourth-order valence-electron chi connectivity index (χ4n) is 4.29. The fraction of sp³-hybridized carbons (Fsp3) is 0.375. The quantitative estimate of drug-likeness (QED) is 0.497. The lowest BCUT2D eigenvalue weighted by Gasteiger charge is -2.11. The fourth-order valence-corrected chi connectivity index (χ4v) is 4.29. The molecule has 0 spiro atoms. The summed E-state index contributed by atoms with van der Waals surface area (Å²) in [7, 11) is 0. The number of hydrogen-bond donors (Lipinski definition) is 0. The van der Waals surface area contributed by atoms with Crippen molar-refractivity contribution in [3.8, 4) is 0 Å². The maximum Gasteiger partial charge on any atom is 0.0491 e. The van der Waals surface area contributed by atoms with E-state index >= 15 is 0 Å². The molecule has 1 aromatic heterocycles. The molecule has 134 valence electrons. The first-order chi connectivity index (χ1) is 12.7. The van der Waals surface area contributed by atoms with E-state index in [9.17, 15) is 0 Å². The molecule has 0 saturated heterocycles. The highest BCUT2D eigenvalue weighted by molar-refractivity contribution is 6.09. The second kappa shape index (κ2) is 7.11. The molecule has 0 bridgehead atoms. The smallest absolute Gasteiger partial charge is 0.0491 e. The van der Waals surface area contributed by atoms with E-state index in [1.165, 1.54) is 51.3 Å². The lowest BCUT2D eigenvalue weighted by atomic mass is 9.94. The second-order valence-electron chi connectivity index (χ2n) is 7.44. The van der Waals surface area contributed by atoms with E-state index < -0.39 is 0 Å². The van der Waals surface area contributed by atoms with Gasteiger partial charge in [0.05, 0.1) is 0 Å². The van der Waals surface area contributed by atoms with Crippen LogP contribution in [0.2, 0.25) is 0 Å². The summed E-state index contributed by atoms with van der Waals surface area (Å²) in [5.74, 6) is 0.616. The molecule has 1 aliphatic rings. The third-order valence-electron chi connectivity index (χ3n) is 5.76. The van der Waals surface area contributed by atoms with Crippen LogP contribution in [-0.4, -0.2) is 17.3 Å². The summed E-state index contributed by atoms with van der Waals surface area (Å²) in [4.78, 5) is 4.33. The maximum atomic E-state index is 4.33. The third kappa shape index (κ3) is 2.88. The van der Waals surface area contributed by atoms with Gasteiger partial charge in [0.15, 0.2) is 0 Å². The van der Waals surface area contributed by atoms with E-state index in [4.69, 9.17) is 0 Å². The molecule has 0 aliphatic carbocycles. The second-order valence-corrected chi connectivity index (χ2v) is 7.44. The summed E-state index contributed by atoms with van der Waals surface area (Å²) in [6.45, 7) is 8.76. The van der Waals surface area contributed by atoms with Crippen molar-refractivity contribution >= 4 is 33.6 Å². The highest BCUT2D eigenvalue weighted by Crippen LogP contribution is 2.34.